The lowest BCUT2D eigenvalue weighted by molar-refractivity contribution is -0.138. The number of hydrogen-bond acceptors (Lipinski definition) is 6. The van der Waals surface area contributed by atoms with Crippen LogP contribution in [0.25, 0.3) is 6.08 Å². The number of aromatic nitrogens is 1. The molecule has 0 saturated carbocycles. The van der Waals surface area contributed by atoms with E-state index >= 15 is 0 Å². The molecule has 0 bridgehead atoms. The molecule has 0 amide bonds. The molecule has 0 saturated heterocycles. The van der Waals surface area contributed by atoms with Crippen molar-refractivity contribution in [1.82, 2.24) is 4.98 Å². The lowest BCUT2D eigenvalue weighted by Crippen LogP contribution is -2.12. The molecule has 0 fully saturated rings. The topological polar surface area (TPSA) is 71.8 Å². The number of halogens is 1. The fourth-order valence-electron chi connectivity index (χ4n) is 2.24. The Labute approximate surface area is 160 Å². The summed E-state index contributed by atoms with van der Waals surface area (Å²) in [5, 5.41) is 11.5. The summed E-state index contributed by atoms with van der Waals surface area (Å²) in [7, 11) is 0. The van der Waals surface area contributed by atoms with Gasteiger partial charge in [-0.15, -0.1) is 0 Å². The fourth-order valence-corrected chi connectivity index (χ4v) is 3.40. The zero-order valence-corrected chi connectivity index (χ0v) is 15.4. The van der Waals surface area contributed by atoms with Crippen LogP contribution in [-0.2, 0) is 9.53 Å². The molecule has 26 heavy (non-hydrogen) atoms. The second-order valence-electron chi connectivity index (χ2n) is 5.23. The molecule has 2 aromatic rings. The van der Waals surface area contributed by atoms with Gasteiger partial charge in [0.25, 0.3) is 0 Å². The number of pyridine rings is 1. The van der Waals surface area contributed by atoms with Gasteiger partial charge in [-0.05, 0) is 48.9 Å². The Morgan fingerprint density at radius 2 is 2.12 bits per heavy atom. The van der Waals surface area contributed by atoms with Crippen LogP contribution < -0.4 is 0 Å². The number of aliphatic imine (C=N–C) groups is 1. The van der Waals surface area contributed by atoms with Gasteiger partial charge in [0.2, 0.25) is 0 Å². The van der Waals surface area contributed by atoms with E-state index in [-0.39, 0.29) is 17.9 Å². The van der Waals surface area contributed by atoms with Gasteiger partial charge in [0.05, 0.1) is 17.2 Å². The van der Waals surface area contributed by atoms with Crippen LogP contribution in [0.2, 0.25) is 5.02 Å². The first-order chi connectivity index (χ1) is 12.6. The van der Waals surface area contributed by atoms with Gasteiger partial charge in [-0.1, -0.05) is 29.4 Å². The summed E-state index contributed by atoms with van der Waals surface area (Å²) in [5.74, 6) is -0.759. The molecule has 1 N–H and O–H groups in total. The van der Waals surface area contributed by atoms with E-state index in [9.17, 15) is 9.90 Å². The molecule has 132 valence electrons. The first kappa shape index (κ1) is 18.2. The largest absolute Gasteiger partial charge is 0.506 e. The molecule has 1 aliphatic rings. The van der Waals surface area contributed by atoms with Crippen LogP contribution in [0.1, 0.15) is 12.5 Å². The van der Waals surface area contributed by atoms with Crippen LogP contribution in [-0.4, -0.2) is 27.7 Å². The predicted octanol–water partition coefficient (Wildman–Crippen LogP) is 4.93. The molecule has 1 aromatic heterocycles. The van der Waals surface area contributed by atoms with Gasteiger partial charge >= 0.3 is 5.97 Å². The third-order valence-corrected chi connectivity index (χ3v) is 4.68. The Morgan fingerprint density at radius 3 is 2.77 bits per heavy atom. The molecule has 7 heteroatoms. The molecule has 0 spiro atoms. The first-order valence-corrected chi connectivity index (χ1v) is 9.03. The molecule has 0 unspecified atom stereocenters. The van der Waals surface area contributed by atoms with Crippen LogP contribution in [0.3, 0.4) is 0 Å². The lowest BCUT2D eigenvalue weighted by atomic mass is 10.2. The first-order valence-electron chi connectivity index (χ1n) is 7.83. The Hall–Kier alpha value is -2.57. The number of thioether (sulfide) groups is 1. The van der Waals surface area contributed by atoms with Gasteiger partial charge in [0.1, 0.15) is 16.4 Å². The van der Waals surface area contributed by atoms with Crippen molar-refractivity contribution in [1.29, 1.82) is 0 Å². The van der Waals surface area contributed by atoms with Gasteiger partial charge in [-0.2, -0.15) is 0 Å². The molecule has 1 aliphatic heterocycles. The highest BCUT2D eigenvalue weighted by atomic mass is 35.5. The lowest BCUT2D eigenvalue weighted by Gasteiger charge is -2.03. The maximum atomic E-state index is 12.3. The van der Waals surface area contributed by atoms with Crippen molar-refractivity contribution >= 4 is 46.1 Å². The standard InChI is InChI=1S/C19H15ClN2O3S/c1-2-25-19(24)16-17(23)15(10-12-4-3-9-21-11-12)26-18(16)22-14-7-5-13(20)6-8-14/h3-11,23H,2H2,1H3. The summed E-state index contributed by atoms with van der Waals surface area (Å²) in [6.45, 7) is 1.91. The highest BCUT2D eigenvalue weighted by molar-refractivity contribution is 8.18. The number of ether oxygens (including phenoxy) is 1. The Morgan fingerprint density at radius 1 is 1.35 bits per heavy atom. The van der Waals surface area contributed by atoms with Crippen molar-refractivity contribution in [3.63, 3.8) is 0 Å². The molecule has 0 atom stereocenters. The Balaban J connectivity index is 2.02. The zero-order valence-electron chi connectivity index (χ0n) is 13.8. The van der Waals surface area contributed by atoms with Crippen LogP contribution in [0.4, 0.5) is 5.69 Å². The number of esters is 1. The molecular weight excluding hydrogens is 372 g/mol. The number of aliphatic hydroxyl groups excluding tert-OH is 1. The van der Waals surface area contributed by atoms with Gasteiger partial charge in [-0.25, -0.2) is 9.79 Å². The van der Waals surface area contributed by atoms with Gasteiger partial charge in [0.15, 0.2) is 0 Å². The number of hydrogen-bond donors (Lipinski definition) is 1. The van der Waals surface area contributed by atoms with E-state index in [0.29, 0.717) is 20.7 Å². The molecule has 0 radical (unpaired) electrons. The van der Waals surface area contributed by atoms with Crippen molar-refractivity contribution in [3.8, 4) is 0 Å². The molecule has 5 nitrogen and oxygen atoms in total. The van der Waals surface area contributed by atoms with Crippen LogP contribution in [0.5, 0.6) is 0 Å². The van der Waals surface area contributed by atoms with Crippen LogP contribution >= 0.6 is 23.4 Å². The third-order valence-electron chi connectivity index (χ3n) is 3.41. The normalized spacial score (nSPS) is 17.2. The van der Waals surface area contributed by atoms with E-state index in [1.807, 2.05) is 6.07 Å². The summed E-state index contributed by atoms with van der Waals surface area (Å²) >= 11 is 7.09. The Kier molecular flexibility index (Phi) is 5.75. The Bertz CT molecular complexity index is 906. The monoisotopic (exact) mass is 386 g/mol. The quantitative estimate of drug-likeness (QED) is 0.754. The summed E-state index contributed by atoms with van der Waals surface area (Å²) in [6.07, 6.45) is 5.08. The minimum atomic E-state index is -0.611. The molecule has 2 heterocycles. The average molecular weight is 387 g/mol. The van der Waals surface area contributed by atoms with Crippen molar-refractivity contribution < 1.29 is 14.6 Å². The van der Waals surface area contributed by atoms with Crippen molar-refractivity contribution in [2.75, 3.05) is 6.61 Å². The van der Waals surface area contributed by atoms with E-state index in [1.165, 1.54) is 11.8 Å². The number of nitrogens with zero attached hydrogens (tertiary/aromatic N) is 2. The van der Waals surface area contributed by atoms with E-state index in [2.05, 4.69) is 9.98 Å². The predicted molar refractivity (Wildman–Crippen MR) is 105 cm³/mol. The maximum absolute atomic E-state index is 12.3. The molecular formula is C19H15ClN2O3S. The van der Waals surface area contributed by atoms with E-state index < -0.39 is 5.97 Å². The van der Waals surface area contributed by atoms with Gasteiger partial charge < -0.3 is 9.84 Å². The number of rotatable bonds is 4. The number of benzene rings is 1. The van der Waals surface area contributed by atoms with Crippen molar-refractivity contribution in [2.24, 2.45) is 4.99 Å². The number of carbonyl (C=O) groups is 1. The minimum absolute atomic E-state index is 0.0574. The van der Waals surface area contributed by atoms with Gasteiger partial charge in [0, 0.05) is 17.4 Å². The second kappa shape index (κ2) is 8.21. The van der Waals surface area contributed by atoms with E-state index in [0.717, 1.165) is 5.56 Å². The summed E-state index contributed by atoms with van der Waals surface area (Å²) in [6, 6.07) is 10.5. The second-order valence-corrected chi connectivity index (χ2v) is 6.70. The average Bonchev–Trinajstić information content (AvgIpc) is 2.93. The van der Waals surface area contributed by atoms with E-state index in [4.69, 9.17) is 16.3 Å². The van der Waals surface area contributed by atoms with Crippen molar-refractivity contribution in [2.45, 2.75) is 6.92 Å². The van der Waals surface area contributed by atoms with Crippen molar-refractivity contribution in [3.05, 3.63) is 75.6 Å². The SMILES string of the molecule is CCOC(=O)C1=C(O)C(=Cc2cccnc2)SC1=Nc1ccc(Cl)cc1. The summed E-state index contributed by atoms with van der Waals surface area (Å²) < 4.78 is 5.07. The maximum Gasteiger partial charge on any atom is 0.344 e. The highest BCUT2D eigenvalue weighted by Gasteiger charge is 2.33. The highest BCUT2D eigenvalue weighted by Crippen LogP contribution is 2.40. The van der Waals surface area contributed by atoms with Gasteiger partial charge in [-0.3, -0.25) is 4.98 Å². The summed E-state index contributed by atoms with van der Waals surface area (Å²) in [5.41, 5.74) is 1.48. The fraction of sp³-hybridized carbons (Fsp3) is 0.105. The third kappa shape index (κ3) is 4.15. The summed E-state index contributed by atoms with van der Waals surface area (Å²) in [4.78, 5) is 21.3. The minimum Gasteiger partial charge on any atom is -0.506 e. The van der Waals surface area contributed by atoms with E-state index in [1.54, 1.807) is 55.7 Å². The zero-order chi connectivity index (χ0) is 18.5. The number of carbonyl (C=O) groups excluding carboxylic acids is 1. The molecule has 0 aliphatic carbocycles. The smallest absolute Gasteiger partial charge is 0.344 e. The molecule has 1 aromatic carbocycles. The van der Waals surface area contributed by atoms with Crippen LogP contribution in [0, 0.1) is 0 Å². The number of aliphatic hydroxyl groups is 1. The molecule has 3 rings (SSSR count). The van der Waals surface area contributed by atoms with Crippen LogP contribution in [0.15, 0.2) is 70.0 Å².